The van der Waals surface area contributed by atoms with Gasteiger partial charge in [0.05, 0.1) is 13.2 Å². The number of hydrogen-bond acceptors (Lipinski definition) is 3. The van der Waals surface area contributed by atoms with E-state index in [1.165, 1.54) is 9.13 Å². The van der Waals surface area contributed by atoms with Crippen molar-refractivity contribution in [1.29, 1.82) is 0 Å². The molecule has 3 nitrogen and oxygen atoms in total. The third-order valence-corrected chi connectivity index (χ3v) is 3.41. The molecule has 92 valence electrons. The van der Waals surface area contributed by atoms with E-state index < -0.39 is 0 Å². The van der Waals surface area contributed by atoms with Gasteiger partial charge in [0.25, 0.3) is 0 Å². The molecular formula is C13H16INO2. The van der Waals surface area contributed by atoms with Crippen molar-refractivity contribution in [1.82, 2.24) is 0 Å². The summed E-state index contributed by atoms with van der Waals surface area (Å²) in [6.45, 7) is 5.75. The molecule has 4 heteroatoms. The first-order valence-electron chi connectivity index (χ1n) is 5.69. The number of benzene rings is 1. The molecule has 2 rings (SSSR count). The summed E-state index contributed by atoms with van der Waals surface area (Å²) >= 11 is 2.31. The average molecular weight is 345 g/mol. The van der Waals surface area contributed by atoms with Crippen LogP contribution in [0.4, 0.5) is 0 Å². The second kappa shape index (κ2) is 5.35. The van der Waals surface area contributed by atoms with Crippen molar-refractivity contribution in [3.63, 3.8) is 0 Å². The number of nitrogens with zero attached hydrogens (tertiary/aromatic N) is 1. The summed E-state index contributed by atoms with van der Waals surface area (Å²) in [6.07, 6.45) is 0. The van der Waals surface area contributed by atoms with E-state index in [-0.39, 0.29) is 5.54 Å². The third kappa shape index (κ3) is 2.98. The van der Waals surface area contributed by atoms with Crippen molar-refractivity contribution in [3.8, 4) is 0 Å². The second-order valence-electron chi connectivity index (χ2n) is 4.22. The lowest BCUT2D eigenvalue weighted by atomic mass is 9.93. The predicted octanol–water partition coefficient (Wildman–Crippen LogP) is 2.97. The summed E-state index contributed by atoms with van der Waals surface area (Å²) in [4.78, 5) is 4.68. The molecule has 0 bridgehead atoms. The van der Waals surface area contributed by atoms with Crippen molar-refractivity contribution in [2.75, 3.05) is 19.8 Å². The van der Waals surface area contributed by atoms with Gasteiger partial charge in [-0.15, -0.1) is 0 Å². The fourth-order valence-electron chi connectivity index (χ4n) is 1.89. The van der Waals surface area contributed by atoms with Crippen LogP contribution in [0.15, 0.2) is 29.3 Å². The van der Waals surface area contributed by atoms with Crippen LogP contribution in [0, 0.1) is 3.57 Å². The number of ether oxygens (including phenoxy) is 2. The Kier molecular flexibility index (Phi) is 4.04. The number of rotatable bonds is 2. The first-order chi connectivity index (χ1) is 8.14. The van der Waals surface area contributed by atoms with E-state index in [1.807, 2.05) is 13.0 Å². The van der Waals surface area contributed by atoms with Crippen molar-refractivity contribution >= 4 is 28.5 Å². The Morgan fingerprint density at radius 2 is 2.35 bits per heavy atom. The summed E-state index contributed by atoms with van der Waals surface area (Å²) < 4.78 is 12.2. The molecule has 0 amide bonds. The van der Waals surface area contributed by atoms with Crippen LogP contribution in [0.1, 0.15) is 19.4 Å². The number of aliphatic imine (C=N–C) groups is 1. The lowest BCUT2D eigenvalue weighted by Gasteiger charge is -2.30. The van der Waals surface area contributed by atoms with E-state index in [2.05, 4.69) is 52.7 Å². The first-order valence-corrected chi connectivity index (χ1v) is 6.77. The zero-order valence-electron chi connectivity index (χ0n) is 10.1. The maximum atomic E-state index is 5.59. The Morgan fingerprint density at radius 1 is 1.53 bits per heavy atom. The van der Waals surface area contributed by atoms with Gasteiger partial charge in [-0.1, -0.05) is 12.1 Å². The van der Waals surface area contributed by atoms with Gasteiger partial charge in [0.15, 0.2) is 0 Å². The molecule has 0 aliphatic carbocycles. The van der Waals surface area contributed by atoms with Crippen molar-refractivity contribution in [2.45, 2.75) is 19.4 Å². The van der Waals surface area contributed by atoms with Gasteiger partial charge in [0.1, 0.15) is 12.1 Å². The minimum atomic E-state index is -0.329. The van der Waals surface area contributed by atoms with Gasteiger partial charge in [0, 0.05) is 3.57 Å². The fraction of sp³-hybridized carbons (Fsp3) is 0.462. The SMILES string of the molecule is CCOC1=N[C@@](C)(c2cccc(I)c2)COC1. The Morgan fingerprint density at radius 3 is 3.06 bits per heavy atom. The largest absolute Gasteiger partial charge is 0.480 e. The van der Waals surface area contributed by atoms with Gasteiger partial charge >= 0.3 is 0 Å². The quantitative estimate of drug-likeness (QED) is 0.772. The predicted molar refractivity (Wildman–Crippen MR) is 76.4 cm³/mol. The lowest BCUT2D eigenvalue weighted by Crippen LogP contribution is -2.35. The van der Waals surface area contributed by atoms with E-state index in [4.69, 9.17) is 9.47 Å². The Bertz CT molecular complexity index is 433. The van der Waals surface area contributed by atoms with Crippen LogP contribution in [-0.2, 0) is 15.0 Å². The van der Waals surface area contributed by atoms with E-state index in [1.54, 1.807) is 0 Å². The van der Waals surface area contributed by atoms with Gasteiger partial charge in [0.2, 0.25) is 5.90 Å². The van der Waals surface area contributed by atoms with Crippen LogP contribution >= 0.6 is 22.6 Å². The first kappa shape index (κ1) is 12.8. The summed E-state index contributed by atoms with van der Waals surface area (Å²) in [7, 11) is 0. The molecule has 0 fully saturated rings. The van der Waals surface area contributed by atoms with Crippen molar-refractivity contribution < 1.29 is 9.47 Å². The highest BCUT2D eigenvalue weighted by molar-refractivity contribution is 14.1. The number of halogens is 1. The van der Waals surface area contributed by atoms with Crippen LogP contribution in [-0.4, -0.2) is 25.7 Å². The zero-order chi connectivity index (χ0) is 12.3. The minimum Gasteiger partial charge on any atom is -0.480 e. The summed E-state index contributed by atoms with van der Waals surface area (Å²) in [5.74, 6) is 0.695. The number of hydrogen-bond donors (Lipinski definition) is 0. The minimum absolute atomic E-state index is 0.329. The van der Waals surface area contributed by atoms with E-state index in [9.17, 15) is 0 Å². The van der Waals surface area contributed by atoms with Gasteiger partial charge in [-0.05, 0) is 54.1 Å². The average Bonchev–Trinajstić information content (AvgIpc) is 2.30. The molecule has 0 saturated heterocycles. The molecule has 0 saturated carbocycles. The van der Waals surface area contributed by atoms with E-state index in [0.717, 1.165) is 0 Å². The lowest BCUT2D eigenvalue weighted by molar-refractivity contribution is 0.0861. The molecule has 1 heterocycles. The Hall–Kier alpha value is -0.620. The molecule has 0 N–H and O–H groups in total. The van der Waals surface area contributed by atoms with Crippen molar-refractivity contribution in [2.24, 2.45) is 4.99 Å². The van der Waals surface area contributed by atoms with Crippen molar-refractivity contribution in [3.05, 3.63) is 33.4 Å². The molecule has 1 aliphatic heterocycles. The molecule has 17 heavy (non-hydrogen) atoms. The second-order valence-corrected chi connectivity index (χ2v) is 5.46. The standard InChI is InChI=1S/C13H16INO2/c1-3-17-12-8-16-9-13(2,15-12)10-5-4-6-11(14)7-10/h4-7H,3,8-9H2,1-2H3/t13-/m1/s1. The maximum Gasteiger partial charge on any atom is 0.211 e. The Balaban J connectivity index is 2.32. The normalized spacial score (nSPS) is 24.3. The van der Waals surface area contributed by atoms with Crippen LogP contribution in [0.25, 0.3) is 0 Å². The topological polar surface area (TPSA) is 30.8 Å². The molecule has 0 unspecified atom stereocenters. The van der Waals surface area contributed by atoms with E-state index >= 15 is 0 Å². The smallest absolute Gasteiger partial charge is 0.211 e. The molecule has 1 atom stereocenters. The molecule has 0 radical (unpaired) electrons. The molecule has 1 aliphatic rings. The van der Waals surface area contributed by atoms with Crippen LogP contribution in [0.3, 0.4) is 0 Å². The molecule has 1 aromatic rings. The summed E-state index contributed by atoms with van der Waals surface area (Å²) in [5.41, 5.74) is 0.838. The van der Waals surface area contributed by atoms with Gasteiger partial charge in [-0.3, -0.25) is 0 Å². The van der Waals surface area contributed by atoms with Crippen LogP contribution in [0.2, 0.25) is 0 Å². The molecule has 0 aromatic heterocycles. The molecule has 0 spiro atoms. The monoisotopic (exact) mass is 345 g/mol. The van der Waals surface area contributed by atoms with Gasteiger partial charge < -0.3 is 9.47 Å². The summed E-state index contributed by atoms with van der Waals surface area (Å²) in [5, 5.41) is 0. The van der Waals surface area contributed by atoms with E-state index in [0.29, 0.717) is 25.7 Å². The fourth-order valence-corrected chi connectivity index (χ4v) is 2.43. The third-order valence-electron chi connectivity index (χ3n) is 2.74. The highest BCUT2D eigenvalue weighted by Gasteiger charge is 2.31. The molecular weight excluding hydrogens is 329 g/mol. The highest BCUT2D eigenvalue weighted by Crippen LogP contribution is 2.29. The van der Waals surface area contributed by atoms with Gasteiger partial charge in [-0.25, -0.2) is 4.99 Å². The highest BCUT2D eigenvalue weighted by atomic mass is 127. The van der Waals surface area contributed by atoms with Crippen LogP contribution in [0.5, 0.6) is 0 Å². The molecule has 1 aromatic carbocycles. The Labute approximate surface area is 115 Å². The van der Waals surface area contributed by atoms with Crippen LogP contribution < -0.4 is 0 Å². The summed E-state index contributed by atoms with van der Waals surface area (Å²) in [6, 6.07) is 8.35. The maximum absolute atomic E-state index is 5.59. The van der Waals surface area contributed by atoms with Gasteiger partial charge in [-0.2, -0.15) is 0 Å². The zero-order valence-corrected chi connectivity index (χ0v) is 12.2.